The number of hydrogen-bond acceptors (Lipinski definition) is 3. The molecule has 4 heteroatoms. The molecule has 0 bridgehead atoms. The minimum atomic E-state index is -0.136. The number of likely N-dealkylation sites (N-methyl/N-ethyl adjacent to an activating group) is 1. The van der Waals surface area contributed by atoms with Crippen LogP contribution in [0.5, 0.6) is 0 Å². The lowest BCUT2D eigenvalue weighted by Gasteiger charge is -2.54. The van der Waals surface area contributed by atoms with Crippen molar-refractivity contribution in [2.45, 2.75) is 65.6 Å². The van der Waals surface area contributed by atoms with Crippen molar-refractivity contribution in [1.82, 2.24) is 10.6 Å². The van der Waals surface area contributed by atoms with E-state index in [1.54, 1.807) is 0 Å². The van der Waals surface area contributed by atoms with E-state index in [2.05, 4.69) is 24.5 Å². The maximum absolute atomic E-state index is 11.7. The van der Waals surface area contributed by atoms with Gasteiger partial charge in [0.1, 0.15) is 0 Å². The molecule has 0 saturated heterocycles. The van der Waals surface area contributed by atoms with Gasteiger partial charge in [-0.2, -0.15) is 0 Å². The Morgan fingerprint density at radius 2 is 2.11 bits per heavy atom. The van der Waals surface area contributed by atoms with Crippen LogP contribution in [0.25, 0.3) is 0 Å². The van der Waals surface area contributed by atoms with E-state index in [1.807, 2.05) is 20.8 Å². The zero-order valence-corrected chi connectivity index (χ0v) is 12.4. The van der Waals surface area contributed by atoms with Gasteiger partial charge in [0.25, 0.3) is 0 Å². The van der Waals surface area contributed by atoms with E-state index in [4.69, 9.17) is 4.74 Å². The van der Waals surface area contributed by atoms with E-state index in [-0.39, 0.29) is 17.4 Å². The van der Waals surface area contributed by atoms with Gasteiger partial charge >= 0.3 is 0 Å². The molecule has 4 nitrogen and oxygen atoms in total. The van der Waals surface area contributed by atoms with Crippen molar-refractivity contribution in [2.24, 2.45) is 5.41 Å². The van der Waals surface area contributed by atoms with Crippen LogP contribution in [0.15, 0.2) is 0 Å². The molecule has 1 aliphatic carbocycles. The highest BCUT2D eigenvalue weighted by Gasteiger charge is 2.51. The quantitative estimate of drug-likeness (QED) is 0.729. The number of nitrogens with one attached hydrogen (secondary N) is 2. The van der Waals surface area contributed by atoms with Crippen molar-refractivity contribution >= 4 is 5.91 Å². The predicted octanol–water partition coefficient (Wildman–Crippen LogP) is 1.69. The van der Waals surface area contributed by atoms with Gasteiger partial charge in [0.2, 0.25) is 5.91 Å². The summed E-state index contributed by atoms with van der Waals surface area (Å²) in [4.78, 5) is 11.7. The summed E-state index contributed by atoms with van der Waals surface area (Å²) in [5.41, 5.74) is 0.150. The molecule has 1 fully saturated rings. The van der Waals surface area contributed by atoms with E-state index >= 15 is 0 Å². The predicted molar refractivity (Wildman–Crippen MR) is 73.5 cm³/mol. The largest absolute Gasteiger partial charge is 0.378 e. The van der Waals surface area contributed by atoms with Crippen LogP contribution in [0.1, 0.15) is 47.5 Å². The summed E-state index contributed by atoms with van der Waals surface area (Å²) >= 11 is 0. The number of ether oxygens (including phenoxy) is 1. The Kier molecular flexibility index (Phi) is 5.60. The van der Waals surface area contributed by atoms with Crippen molar-refractivity contribution in [3.05, 3.63) is 0 Å². The second-order valence-corrected chi connectivity index (χ2v) is 5.37. The maximum Gasteiger partial charge on any atom is 0.236 e. The molecule has 0 aromatic rings. The third-order valence-corrected chi connectivity index (χ3v) is 4.31. The minimum Gasteiger partial charge on any atom is -0.378 e. The average molecular weight is 256 g/mol. The van der Waals surface area contributed by atoms with E-state index in [0.29, 0.717) is 18.7 Å². The van der Waals surface area contributed by atoms with Gasteiger partial charge in [-0.3, -0.25) is 4.79 Å². The average Bonchev–Trinajstić information content (AvgIpc) is 2.36. The van der Waals surface area contributed by atoms with Gasteiger partial charge in [-0.25, -0.2) is 0 Å². The van der Waals surface area contributed by atoms with Gasteiger partial charge in [-0.1, -0.05) is 13.8 Å². The van der Waals surface area contributed by atoms with E-state index in [9.17, 15) is 4.79 Å². The van der Waals surface area contributed by atoms with E-state index in [1.165, 1.54) is 0 Å². The van der Waals surface area contributed by atoms with Crippen molar-refractivity contribution < 1.29 is 9.53 Å². The fourth-order valence-electron chi connectivity index (χ4n) is 2.71. The highest BCUT2D eigenvalue weighted by Crippen LogP contribution is 2.46. The van der Waals surface area contributed by atoms with Crippen LogP contribution < -0.4 is 10.6 Å². The van der Waals surface area contributed by atoms with Crippen molar-refractivity contribution in [3.8, 4) is 0 Å². The van der Waals surface area contributed by atoms with Gasteiger partial charge in [0.05, 0.1) is 12.1 Å². The van der Waals surface area contributed by atoms with Crippen LogP contribution in [-0.4, -0.2) is 37.2 Å². The molecule has 0 aromatic carbocycles. The van der Waals surface area contributed by atoms with Gasteiger partial charge in [0, 0.05) is 24.6 Å². The number of carbonyl (C=O) groups is 1. The normalized spacial score (nSPS) is 32.7. The first-order valence-electron chi connectivity index (χ1n) is 7.14. The molecule has 4 unspecified atom stereocenters. The van der Waals surface area contributed by atoms with Crippen molar-refractivity contribution in [2.75, 3.05) is 13.2 Å². The first-order chi connectivity index (χ1) is 8.49. The molecule has 1 aliphatic rings. The number of amides is 1. The molecular formula is C14H28N2O2. The summed E-state index contributed by atoms with van der Waals surface area (Å²) in [6.07, 6.45) is 2.39. The number of rotatable bonds is 7. The molecule has 0 radical (unpaired) electrons. The zero-order chi connectivity index (χ0) is 13.8. The Hall–Kier alpha value is -0.610. The molecular weight excluding hydrogens is 228 g/mol. The molecule has 0 heterocycles. The van der Waals surface area contributed by atoms with Crippen LogP contribution >= 0.6 is 0 Å². The third kappa shape index (κ3) is 3.04. The van der Waals surface area contributed by atoms with Crippen LogP contribution in [0.3, 0.4) is 0 Å². The standard InChI is InChI=1S/C14H28N2O2/c1-6-14(5)11(9-12(14)18-8-3)16-10(4)13(17)15-7-2/h10-12,16H,6-9H2,1-5H3,(H,15,17). The molecule has 0 aliphatic heterocycles. The molecule has 1 rings (SSSR count). The molecule has 0 spiro atoms. The minimum absolute atomic E-state index is 0.0795. The first kappa shape index (κ1) is 15.4. The summed E-state index contributed by atoms with van der Waals surface area (Å²) < 4.78 is 5.76. The Morgan fingerprint density at radius 1 is 1.44 bits per heavy atom. The van der Waals surface area contributed by atoms with E-state index < -0.39 is 0 Å². The lowest BCUT2D eigenvalue weighted by atomic mass is 9.61. The third-order valence-electron chi connectivity index (χ3n) is 4.31. The zero-order valence-electron chi connectivity index (χ0n) is 12.4. The van der Waals surface area contributed by atoms with E-state index in [0.717, 1.165) is 19.4 Å². The summed E-state index contributed by atoms with van der Waals surface area (Å²) in [5.74, 6) is 0.0795. The highest BCUT2D eigenvalue weighted by molar-refractivity contribution is 5.81. The van der Waals surface area contributed by atoms with Crippen LogP contribution in [-0.2, 0) is 9.53 Å². The topological polar surface area (TPSA) is 50.4 Å². The second kappa shape index (κ2) is 6.53. The smallest absolute Gasteiger partial charge is 0.236 e. The molecule has 18 heavy (non-hydrogen) atoms. The number of hydrogen-bond donors (Lipinski definition) is 2. The van der Waals surface area contributed by atoms with Gasteiger partial charge < -0.3 is 15.4 Å². The van der Waals surface area contributed by atoms with Crippen molar-refractivity contribution in [1.29, 1.82) is 0 Å². The lowest BCUT2D eigenvalue weighted by Crippen LogP contribution is -2.65. The maximum atomic E-state index is 11.7. The number of carbonyl (C=O) groups excluding carboxylic acids is 1. The molecule has 4 atom stereocenters. The Balaban J connectivity index is 2.51. The summed E-state index contributed by atoms with van der Waals surface area (Å²) in [7, 11) is 0. The molecule has 1 saturated carbocycles. The second-order valence-electron chi connectivity index (χ2n) is 5.37. The highest BCUT2D eigenvalue weighted by atomic mass is 16.5. The molecule has 106 valence electrons. The first-order valence-corrected chi connectivity index (χ1v) is 7.14. The fraction of sp³-hybridized carbons (Fsp3) is 0.929. The lowest BCUT2D eigenvalue weighted by molar-refractivity contribution is -0.135. The summed E-state index contributed by atoms with van der Waals surface area (Å²) in [6, 6.07) is 0.236. The van der Waals surface area contributed by atoms with Gasteiger partial charge in [-0.15, -0.1) is 0 Å². The summed E-state index contributed by atoms with van der Waals surface area (Å²) in [5, 5.41) is 6.29. The molecule has 1 amide bonds. The van der Waals surface area contributed by atoms with Crippen molar-refractivity contribution in [3.63, 3.8) is 0 Å². The molecule has 2 N–H and O–H groups in total. The van der Waals surface area contributed by atoms with Gasteiger partial charge in [-0.05, 0) is 33.6 Å². The van der Waals surface area contributed by atoms with Crippen LogP contribution in [0, 0.1) is 5.41 Å². The molecule has 0 aromatic heterocycles. The summed E-state index contributed by atoms with van der Waals surface area (Å²) in [6.45, 7) is 11.8. The monoisotopic (exact) mass is 256 g/mol. The SMILES string of the molecule is CCNC(=O)C(C)NC1CC(OCC)C1(C)CC. The Morgan fingerprint density at radius 3 is 2.61 bits per heavy atom. The Labute approximate surface area is 111 Å². The fourth-order valence-corrected chi connectivity index (χ4v) is 2.71. The Bertz CT molecular complexity index is 283. The van der Waals surface area contributed by atoms with Gasteiger partial charge in [0.15, 0.2) is 0 Å². The van der Waals surface area contributed by atoms with Crippen LogP contribution in [0.2, 0.25) is 0 Å². The van der Waals surface area contributed by atoms with Crippen LogP contribution in [0.4, 0.5) is 0 Å².